The Morgan fingerprint density at radius 1 is 1.55 bits per heavy atom. The summed E-state index contributed by atoms with van der Waals surface area (Å²) in [5.74, 6) is -0.763. The van der Waals surface area contributed by atoms with E-state index in [0.29, 0.717) is 6.54 Å². The van der Waals surface area contributed by atoms with Gasteiger partial charge in [-0.2, -0.15) is 0 Å². The fourth-order valence-electron chi connectivity index (χ4n) is 2.49. The largest absolute Gasteiger partial charge is 0.494 e. The smallest absolute Gasteiger partial charge is 0.295 e. The van der Waals surface area contributed by atoms with Gasteiger partial charge in [-0.3, -0.25) is 10.1 Å². The highest BCUT2D eigenvalue weighted by molar-refractivity contribution is 5.64. The van der Waals surface area contributed by atoms with Crippen LogP contribution in [-0.4, -0.2) is 29.8 Å². The highest BCUT2D eigenvalue weighted by Crippen LogP contribution is 2.33. The zero-order valence-corrected chi connectivity index (χ0v) is 11.1. The van der Waals surface area contributed by atoms with Crippen molar-refractivity contribution in [1.82, 2.24) is 0 Å². The highest BCUT2D eigenvalue weighted by atomic mass is 19.1. The van der Waals surface area contributed by atoms with Crippen molar-refractivity contribution in [1.29, 1.82) is 0 Å². The van der Waals surface area contributed by atoms with Crippen LogP contribution in [0, 0.1) is 21.8 Å². The molecule has 2 rings (SSSR count). The third-order valence-electron chi connectivity index (χ3n) is 3.64. The van der Waals surface area contributed by atoms with Gasteiger partial charge in [0.15, 0.2) is 11.6 Å². The molecule has 0 aliphatic heterocycles. The first kappa shape index (κ1) is 14.5. The second kappa shape index (κ2) is 6.04. The van der Waals surface area contributed by atoms with Crippen molar-refractivity contribution < 1.29 is 19.2 Å². The lowest BCUT2D eigenvalue weighted by molar-refractivity contribution is -0.384. The van der Waals surface area contributed by atoms with Crippen LogP contribution < -0.4 is 10.1 Å². The van der Waals surface area contributed by atoms with E-state index < -0.39 is 10.7 Å². The number of nitrogens with one attached hydrogen (secondary N) is 1. The summed E-state index contributed by atoms with van der Waals surface area (Å²) in [4.78, 5) is 10.3. The molecule has 1 fully saturated rings. The third kappa shape index (κ3) is 2.98. The molecule has 0 radical (unpaired) electrons. The Balaban J connectivity index is 2.18. The zero-order valence-electron chi connectivity index (χ0n) is 11.1. The number of nitro groups is 1. The highest BCUT2D eigenvalue weighted by Gasteiger charge is 2.26. The lowest BCUT2D eigenvalue weighted by Gasteiger charge is -2.16. The SMILES string of the molecule is COc1cc(NC[C@H]2CCC[C@H]2O)c([N+](=O)[O-])cc1F. The molecule has 0 saturated heterocycles. The van der Waals surface area contributed by atoms with Gasteiger partial charge in [-0.1, -0.05) is 6.42 Å². The number of ether oxygens (including phenoxy) is 1. The Kier molecular flexibility index (Phi) is 4.39. The first-order valence-corrected chi connectivity index (χ1v) is 6.46. The molecule has 1 aliphatic rings. The number of aliphatic hydroxyl groups is 1. The number of anilines is 1. The molecule has 2 atom stereocenters. The Morgan fingerprint density at radius 2 is 2.30 bits per heavy atom. The molecule has 110 valence electrons. The van der Waals surface area contributed by atoms with E-state index in [1.54, 1.807) is 0 Å². The molecule has 1 saturated carbocycles. The molecule has 0 unspecified atom stereocenters. The average Bonchev–Trinajstić information content (AvgIpc) is 2.82. The van der Waals surface area contributed by atoms with Gasteiger partial charge in [0.05, 0.1) is 24.2 Å². The Labute approximate surface area is 115 Å². The van der Waals surface area contributed by atoms with Crippen LogP contribution in [0.2, 0.25) is 0 Å². The zero-order chi connectivity index (χ0) is 14.7. The van der Waals surface area contributed by atoms with Crippen LogP contribution in [-0.2, 0) is 0 Å². The molecule has 20 heavy (non-hydrogen) atoms. The van der Waals surface area contributed by atoms with E-state index in [4.69, 9.17) is 4.74 Å². The van der Waals surface area contributed by atoms with Gasteiger partial charge >= 0.3 is 0 Å². The number of nitrogens with zero attached hydrogens (tertiary/aromatic N) is 1. The summed E-state index contributed by atoms with van der Waals surface area (Å²) in [5.41, 5.74) is -0.136. The summed E-state index contributed by atoms with van der Waals surface area (Å²) in [6.45, 7) is 0.413. The molecule has 1 aromatic carbocycles. The summed E-state index contributed by atoms with van der Waals surface area (Å²) in [7, 11) is 1.30. The van der Waals surface area contributed by atoms with E-state index in [-0.39, 0.29) is 29.1 Å². The molecule has 0 aromatic heterocycles. The molecule has 0 heterocycles. The number of hydrogen-bond donors (Lipinski definition) is 2. The first-order valence-electron chi connectivity index (χ1n) is 6.46. The normalized spacial score (nSPS) is 21.8. The topological polar surface area (TPSA) is 84.6 Å². The number of rotatable bonds is 5. The lowest BCUT2D eigenvalue weighted by atomic mass is 10.1. The van der Waals surface area contributed by atoms with Crippen LogP contribution in [0.1, 0.15) is 19.3 Å². The quantitative estimate of drug-likeness (QED) is 0.640. The molecule has 2 N–H and O–H groups in total. The summed E-state index contributed by atoms with van der Waals surface area (Å²) >= 11 is 0. The van der Waals surface area contributed by atoms with E-state index in [9.17, 15) is 19.6 Å². The van der Waals surface area contributed by atoms with Crippen LogP contribution in [0.15, 0.2) is 12.1 Å². The fourth-order valence-corrected chi connectivity index (χ4v) is 2.49. The van der Waals surface area contributed by atoms with Crippen LogP contribution in [0.3, 0.4) is 0 Å². The maximum absolute atomic E-state index is 13.5. The second-order valence-electron chi connectivity index (χ2n) is 4.90. The molecule has 1 aliphatic carbocycles. The fraction of sp³-hybridized carbons (Fsp3) is 0.538. The Hall–Kier alpha value is -1.89. The number of hydrogen-bond acceptors (Lipinski definition) is 5. The first-order chi connectivity index (χ1) is 9.52. The van der Waals surface area contributed by atoms with Gasteiger partial charge in [0, 0.05) is 18.5 Å². The lowest BCUT2D eigenvalue weighted by Crippen LogP contribution is -2.22. The molecular weight excluding hydrogens is 267 g/mol. The molecule has 0 amide bonds. The summed E-state index contributed by atoms with van der Waals surface area (Å²) in [6, 6.07) is 2.11. The molecule has 1 aromatic rings. The molecule has 0 bridgehead atoms. The van der Waals surface area contributed by atoms with Gasteiger partial charge in [-0.25, -0.2) is 4.39 Å². The summed E-state index contributed by atoms with van der Waals surface area (Å²) in [6.07, 6.45) is 2.19. The summed E-state index contributed by atoms with van der Waals surface area (Å²) < 4.78 is 18.3. The second-order valence-corrected chi connectivity index (χ2v) is 4.90. The van der Waals surface area contributed by atoms with Crippen molar-refractivity contribution in [2.24, 2.45) is 5.92 Å². The molecule has 0 spiro atoms. The van der Waals surface area contributed by atoms with E-state index >= 15 is 0 Å². The van der Waals surface area contributed by atoms with Gasteiger partial charge < -0.3 is 15.2 Å². The number of benzene rings is 1. The number of nitro benzene ring substituents is 1. The van der Waals surface area contributed by atoms with E-state index in [0.717, 1.165) is 25.3 Å². The maximum Gasteiger partial charge on any atom is 0.295 e. The van der Waals surface area contributed by atoms with Crippen LogP contribution >= 0.6 is 0 Å². The predicted molar refractivity (Wildman–Crippen MR) is 71.4 cm³/mol. The number of methoxy groups -OCH3 is 1. The van der Waals surface area contributed by atoms with Gasteiger partial charge in [0.1, 0.15) is 5.69 Å². The van der Waals surface area contributed by atoms with Crippen LogP contribution in [0.5, 0.6) is 5.75 Å². The minimum atomic E-state index is -0.773. The van der Waals surface area contributed by atoms with Crippen LogP contribution in [0.25, 0.3) is 0 Å². The minimum Gasteiger partial charge on any atom is -0.494 e. The predicted octanol–water partition coefficient (Wildman–Crippen LogP) is 2.32. The van der Waals surface area contributed by atoms with Gasteiger partial charge in [0.2, 0.25) is 0 Å². The minimum absolute atomic E-state index is 0.0509. The van der Waals surface area contributed by atoms with E-state index in [1.165, 1.54) is 13.2 Å². The Morgan fingerprint density at radius 3 is 2.85 bits per heavy atom. The molecule has 7 heteroatoms. The van der Waals surface area contributed by atoms with E-state index in [2.05, 4.69) is 5.32 Å². The van der Waals surface area contributed by atoms with Gasteiger partial charge in [0.25, 0.3) is 5.69 Å². The van der Waals surface area contributed by atoms with Gasteiger partial charge in [-0.15, -0.1) is 0 Å². The number of aliphatic hydroxyl groups excluding tert-OH is 1. The Bertz CT molecular complexity index is 509. The van der Waals surface area contributed by atoms with Crippen molar-refractivity contribution in [2.45, 2.75) is 25.4 Å². The third-order valence-corrected chi connectivity index (χ3v) is 3.64. The standard InChI is InChI=1S/C13H17FN2O4/c1-20-13-6-10(11(16(18)19)5-9(13)14)15-7-8-3-2-4-12(8)17/h5-6,8,12,15,17H,2-4,7H2,1H3/t8-,12-/m1/s1. The van der Waals surface area contributed by atoms with Crippen molar-refractivity contribution in [3.8, 4) is 5.75 Å². The van der Waals surface area contributed by atoms with Crippen molar-refractivity contribution in [2.75, 3.05) is 19.0 Å². The molecular formula is C13H17FN2O4. The maximum atomic E-state index is 13.5. The summed E-state index contributed by atoms with van der Waals surface area (Å²) in [5, 5.41) is 23.6. The van der Waals surface area contributed by atoms with Crippen molar-refractivity contribution in [3.63, 3.8) is 0 Å². The average molecular weight is 284 g/mol. The van der Waals surface area contributed by atoms with Crippen molar-refractivity contribution >= 4 is 11.4 Å². The van der Waals surface area contributed by atoms with Crippen LogP contribution in [0.4, 0.5) is 15.8 Å². The van der Waals surface area contributed by atoms with Crippen molar-refractivity contribution in [3.05, 3.63) is 28.1 Å². The molecule has 6 nitrogen and oxygen atoms in total. The van der Waals surface area contributed by atoms with E-state index in [1.807, 2.05) is 0 Å². The van der Waals surface area contributed by atoms with Gasteiger partial charge in [-0.05, 0) is 12.8 Å². The monoisotopic (exact) mass is 284 g/mol. The number of halogens is 1.